The zero-order valence-electron chi connectivity index (χ0n) is 15.6. The third kappa shape index (κ3) is 3.21. The van der Waals surface area contributed by atoms with Gasteiger partial charge in [0.25, 0.3) is 5.91 Å². The van der Waals surface area contributed by atoms with E-state index in [1.807, 2.05) is 27.8 Å². The molecule has 0 unspecified atom stereocenters. The van der Waals surface area contributed by atoms with Crippen molar-refractivity contribution in [2.75, 3.05) is 10.6 Å². The molecule has 3 rings (SSSR count). The molecule has 1 aromatic carbocycles. The summed E-state index contributed by atoms with van der Waals surface area (Å²) in [6.45, 7) is 5.75. The molecule has 26 heavy (non-hydrogen) atoms. The average Bonchev–Trinajstić information content (AvgIpc) is 3.05. The number of hydrogen-bond acceptors (Lipinski definition) is 4. The molecule has 1 aromatic heterocycles. The number of aryl methyl sites for hydroxylation is 1. The lowest BCUT2D eigenvalue weighted by molar-refractivity contribution is 0.0939. The highest BCUT2D eigenvalue weighted by Crippen LogP contribution is 2.34. The van der Waals surface area contributed by atoms with E-state index >= 15 is 0 Å². The number of rotatable bonds is 4. The van der Waals surface area contributed by atoms with E-state index in [2.05, 4.69) is 10.4 Å². The van der Waals surface area contributed by atoms with E-state index in [0.717, 1.165) is 16.8 Å². The topological polar surface area (TPSA) is 84.3 Å². The van der Waals surface area contributed by atoms with Crippen molar-refractivity contribution in [3.63, 3.8) is 0 Å². The van der Waals surface area contributed by atoms with Crippen molar-refractivity contribution in [3.05, 3.63) is 46.8 Å². The summed E-state index contributed by atoms with van der Waals surface area (Å²) < 4.78 is 27.2. The fraction of sp³-hybridized carbons (Fsp3) is 0.444. The summed E-state index contributed by atoms with van der Waals surface area (Å²) in [6.07, 6.45) is 3.56. The van der Waals surface area contributed by atoms with Crippen LogP contribution < -0.4 is 9.62 Å². The Morgan fingerprint density at radius 3 is 2.65 bits per heavy atom. The molecular weight excluding hydrogens is 352 g/mol. The maximum Gasteiger partial charge on any atom is 0.251 e. The van der Waals surface area contributed by atoms with Gasteiger partial charge in [0, 0.05) is 29.9 Å². The fourth-order valence-corrected chi connectivity index (χ4v) is 4.81. The Kier molecular flexibility index (Phi) is 4.56. The van der Waals surface area contributed by atoms with Crippen molar-refractivity contribution in [2.45, 2.75) is 39.3 Å². The van der Waals surface area contributed by atoms with Crippen molar-refractivity contribution in [2.24, 2.45) is 7.05 Å². The van der Waals surface area contributed by atoms with Crippen LogP contribution in [0.2, 0.25) is 0 Å². The van der Waals surface area contributed by atoms with Gasteiger partial charge < -0.3 is 5.32 Å². The van der Waals surface area contributed by atoms with E-state index in [0.29, 0.717) is 17.7 Å². The van der Waals surface area contributed by atoms with Gasteiger partial charge in [0.2, 0.25) is 10.0 Å². The monoisotopic (exact) mass is 376 g/mol. The molecule has 2 atom stereocenters. The fourth-order valence-electron chi connectivity index (χ4n) is 3.55. The number of sulfonamides is 1. The lowest BCUT2D eigenvalue weighted by atomic mass is 10.1. The first kappa shape index (κ1) is 18.4. The third-order valence-electron chi connectivity index (χ3n) is 4.94. The first-order valence-electron chi connectivity index (χ1n) is 8.51. The average molecular weight is 376 g/mol. The molecule has 8 heteroatoms. The van der Waals surface area contributed by atoms with Crippen LogP contribution in [-0.4, -0.2) is 36.4 Å². The third-order valence-corrected chi connectivity index (χ3v) is 6.21. The predicted octanol–water partition coefficient (Wildman–Crippen LogP) is 1.93. The van der Waals surface area contributed by atoms with Gasteiger partial charge in [-0.2, -0.15) is 5.10 Å². The number of aromatic nitrogens is 2. The molecule has 0 aliphatic carbocycles. The predicted molar refractivity (Wildman–Crippen MR) is 101 cm³/mol. The van der Waals surface area contributed by atoms with Crippen LogP contribution in [0.3, 0.4) is 0 Å². The largest absolute Gasteiger partial charge is 0.345 e. The Labute approximate surface area is 154 Å². The molecule has 140 valence electrons. The van der Waals surface area contributed by atoms with Gasteiger partial charge in [-0.1, -0.05) is 0 Å². The first-order chi connectivity index (χ1) is 12.1. The molecule has 7 nitrogen and oxygen atoms in total. The maximum absolute atomic E-state index is 12.6. The van der Waals surface area contributed by atoms with E-state index in [-0.39, 0.29) is 18.0 Å². The Balaban J connectivity index is 1.82. The van der Waals surface area contributed by atoms with E-state index in [9.17, 15) is 13.2 Å². The standard InChI is InChI=1S/C18H24N4O3S/c1-11-8-15-9-14(6-7-17(15)22(11)26(5,24)25)18(23)20-12(2)16-10-19-21(4)13(16)3/h6-7,9-12H,8H2,1-5H3,(H,20,23)/t11-,12-/m1/s1. The summed E-state index contributed by atoms with van der Waals surface area (Å²) in [5.41, 5.74) is 4.04. The van der Waals surface area contributed by atoms with Gasteiger partial charge in [0.05, 0.1) is 24.2 Å². The van der Waals surface area contributed by atoms with E-state index in [1.54, 1.807) is 29.1 Å². The van der Waals surface area contributed by atoms with Crippen LogP contribution in [0.4, 0.5) is 5.69 Å². The van der Waals surface area contributed by atoms with Crippen LogP contribution in [0.25, 0.3) is 0 Å². The summed E-state index contributed by atoms with van der Waals surface area (Å²) in [4.78, 5) is 12.6. The Bertz CT molecular complexity index is 965. The van der Waals surface area contributed by atoms with Crippen molar-refractivity contribution >= 4 is 21.6 Å². The minimum Gasteiger partial charge on any atom is -0.345 e. The van der Waals surface area contributed by atoms with Crippen molar-refractivity contribution in [1.29, 1.82) is 0 Å². The summed E-state index contributed by atoms with van der Waals surface area (Å²) in [5, 5.41) is 7.19. The number of nitrogens with one attached hydrogen (secondary N) is 1. The van der Waals surface area contributed by atoms with Crippen molar-refractivity contribution in [1.82, 2.24) is 15.1 Å². The zero-order chi connectivity index (χ0) is 19.2. The smallest absolute Gasteiger partial charge is 0.251 e. The SMILES string of the molecule is Cc1c([C@@H](C)NC(=O)c2ccc3c(c2)C[C@@H](C)N3S(C)(=O)=O)cnn1C. The lowest BCUT2D eigenvalue weighted by Crippen LogP contribution is -2.34. The second-order valence-corrected chi connectivity index (χ2v) is 8.82. The van der Waals surface area contributed by atoms with Crippen LogP contribution in [0.15, 0.2) is 24.4 Å². The van der Waals surface area contributed by atoms with Gasteiger partial charge in [0.1, 0.15) is 0 Å². The van der Waals surface area contributed by atoms with Gasteiger partial charge in [-0.25, -0.2) is 8.42 Å². The molecule has 1 amide bonds. The molecule has 1 aliphatic heterocycles. The Morgan fingerprint density at radius 2 is 2.08 bits per heavy atom. The van der Waals surface area contributed by atoms with Crippen LogP contribution in [0.1, 0.15) is 47.1 Å². The van der Waals surface area contributed by atoms with E-state index < -0.39 is 10.0 Å². The van der Waals surface area contributed by atoms with Gasteiger partial charge in [0.15, 0.2) is 0 Å². The maximum atomic E-state index is 12.6. The van der Waals surface area contributed by atoms with Crippen LogP contribution >= 0.6 is 0 Å². The highest BCUT2D eigenvalue weighted by molar-refractivity contribution is 7.92. The number of benzene rings is 1. The second kappa shape index (κ2) is 6.42. The molecule has 0 saturated carbocycles. The van der Waals surface area contributed by atoms with Gasteiger partial charge in [-0.15, -0.1) is 0 Å². The minimum atomic E-state index is -3.33. The molecule has 0 radical (unpaired) electrons. The number of nitrogens with zero attached hydrogens (tertiary/aromatic N) is 3. The Morgan fingerprint density at radius 1 is 1.38 bits per heavy atom. The highest BCUT2D eigenvalue weighted by Gasteiger charge is 2.32. The lowest BCUT2D eigenvalue weighted by Gasteiger charge is -2.22. The molecular formula is C18H24N4O3S. The molecule has 2 aromatic rings. The van der Waals surface area contributed by atoms with Gasteiger partial charge in [-0.05, 0) is 51.0 Å². The van der Waals surface area contributed by atoms with Gasteiger partial charge >= 0.3 is 0 Å². The summed E-state index contributed by atoms with van der Waals surface area (Å²) in [5.74, 6) is -0.186. The summed E-state index contributed by atoms with van der Waals surface area (Å²) in [6, 6.07) is 4.86. The quantitative estimate of drug-likeness (QED) is 0.884. The van der Waals surface area contributed by atoms with Gasteiger partial charge in [-0.3, -0.25) is 13.8 Å². The second-order valence-electron chi connectivity index (χ2n) is 6.96. The summed E-state index contributed by atoms with van der Waals surface area (Å²) >= 11 is 0. The Hall–Kier alpha value is -2.35. The number of carbonyl (C=O) groups is 1. The molecule has 1 N–H and O–H groups in total. The number of carbonyl (C=O) groups excluding carboxylic acids is 1. The highest BCUT2D eigenvalue weighted by atomic mass is 32.2. The number of anilines is 1. The number of amides is 1. The van der Waals surface area contributed by atoms with Crippen molar-refractivity contribution < 1.29 is 13.2 Å². The minimum absolute atomic E-state index is 0.143. The van der Waals surface area contributed by atoms with E-state index in [1.165, 1.54) is 10.6 Å². The first-order valence-corrected chi connectivity index (χ1v) is 10.4. The molecule has 0 fully saturated rings. The molecule has 0 spiro atoms. The van der Waals surface area contributed by atoms with E-state index in [4.69, 9.17) is 0 Å². The molecule has 1 aliphatic rings. The van der Waals surface area contributed by atoms with Crippen LogP contribution in [-0.2, 0) is 23.5 Å². The molecule has 0 bridgehead atoms. The number of fused-ring (bicyclic) bond motifs is 1. The van der Waals surface area contributed by atoms with Crippen LogP contribution in [0, 0.1) is 6.92 Å². The normalized spacial score (nSPS) is 17.9. The van der Waals surface area contributed by atoms with Crippen LogP contribution in [0.5, 0.6) is 0 Å². The number of hydrogen-bond donors (Lipinski definition) is 1. The molecule has 2 heterocycles. The summed E-state index contributed by atoms with van der Waals surface area (Å²) in [7, 11) is -1.47. The zero-order valence-corrected chi connectivity index (χ0v) is 16.5. The molecule has 0 saturated heterocycles. The van der Waals surface area contributed by atoms with Crippen molar-refractivity contribution in [3.8, 4) is 0 Å².